The lowest BCUT2D eigenvalue weighted by atomic mass is 10.4. The number of hydrogen-bond acceptors (Lipinski definition) is 1. The summed E-state index contributed by atoms with van der Waals surface area (Å²) in [6.07, 6.45) is 5.71. The van der Waals surface area contributed by atoms with Gasteiger partial charge in [0.15, 0.2) is 0 Å². The van der Waals surface area contributed by atoms with Crippen molar-refractivity contribution in [2.24, 2.45) is 5.92 Å². The summed E-state index contributed by atoms with van der Waals surface area (Å²) in [4.78, 5) is 3.28. The number of alkyl halides is 1. The smallest absolute Gasteiger partial charge is 0.0656 e. The third-order valence-corrected chi connectivity index (χ3v) is 3.51. The number of nitrogens with zero attached hydrogens (tertiary/aromatic N) is 1. The van der Waals surface area contributed by atoms with Crippen LogP contribution < -0.4 is 0 Å². The van der Waals surface area contributed by atoms with Gasteiger partial charge in [-0.1, -0.05) is 15.9 Å². The van der Waals surface area contributed by atoms with Crippen LogP contribution in [0.15, 0.2) is 0 Å². The van der Waals surface area contributed by atoms with Crippen molar-refractivity contribution in [1.82, 2.24) is 4.90 Å². The molecule has 0 spiro atoms. The minimum absolute atomic E-state index is 0.702. The summed E-state index contributed by atoms with van der Waals surface area (Å²) in [5, 5.41) is 0. The third-order valence-electron chi connectivity index (χ3n) is 2.47. The summed E-state index contributed by atoms with van der Waals surface area (Å²) < 4.78 is 0. The van der Waals surface area contributed by atoms with Gasteiger partial charge < -0.3 is 0 Å². The summed E-state index contributed by atoms with van der Waals surface area (Å²) in [6.45, 7) is 2.68. The van der Waals surface area contributed by atoms with Crippen molar-refractivity contribution in [1.29, 1.82) is 0 Å². The molecule has 1 aliphatic carbocycles. The predicted octanol–water partition coefficient (Wildman–Crippen LogP) is 2.21. The van der Waals surface area contributed by atoms with E-state index in [9.17, 15) is 0 Å². The molecule has 58 valence electrons. The zero-order chi connectivity index (χ0) is 6.97. The summed E-state index contributed by atoms with van der Waals surface area (Å²) >= 11 is 3.69. The van der Waals surface area contributed by atoms with Crippen molar-refractivity contribution in [3.8, 4) is 0 Å². The van der Waals surface area contributed by atoms with Crippen molar-refractivity contribution in [2.75, 3.05) is 13.1 Å². The molecule has 0 bridgehead atoms. The van der Waals surface area contributed by atoms with Crippen molar-refractivity contribution < 1.29 is 0 Å². The average molecular weight is 204 g/mol. The first-order valence-corrected chi connectivity index (χ1v) is 5.16. The van der Waals surface area contributed by atoms with Crippen LogP contribution in [0.3, 0.4) is 0 Å². The van der Waals surface area contributed by atoms with Crippen LogP contribution in [0.4, 0.5) is 0 Å². The monoisotopic (exact) mass is 203 g/mol. The van der Waals surface area contributed by atoms with Crippen LogP contribution in [0.25, 0.3) is 0 Å². The zero-order valence-corrected chi connectivity index (χ0v) is 7.81. The van der Waals surface area contributed by atoms with Gasteiger partial charge in [-0.2, -0.15) is 0 Å². The van der Waals surface area contributed by atoms with Crippen LogP contribution in [0.1, 0.15) is 25.7 Å². The first-order valence-electron chi connectivity index (χ1n) is 4.24. The quantitative estimate of drug-likeness (QED) is 0.492. The Kier molecular flexibility index (Phi) is 2.01. The van der Waals surface area contributed by atoms with Crippen LogP contribution in [0.5, 0.6) is 0 Å². The highest BCUT2D eigenvalue weighted by molar-refractivity contribution is 9.09. The Hall–Kier alpha value is 0.440. The number of halogens is 1. The highest BCUT2D eigenvalue weighted by Crippen LogP contribution is 2.33. The fraction of sp³-hybridized carbons (Fsp3) is 1.00. The lowest BCUT2D eigenvalue weighted by Crippen LogP contribution is -2.26. The molecule has 0 N–H and O–H groups in total. The molecular formula is C8H14BrN. The molecule has 0 amide bonds. The molecule has 0 aromatic carbocycles. The standard InChI is InChI=1S/C8H14BrN/c9-8-2-1-5-10(8)6-7-3-4-7/h7-8H,1-6H2. The van der Waals surface area contributed by atoms with Gasteiger partial charge in [-0.05, 0) is 38.1 Å². The van der Waals surface area contributed by atoms with Crippen LogP contribution >= 0.6 is 15.9 Å². The molecule has 2 heteroatoms. The van der Waals surface area contributed by atoms with E-state index in [4.69, 9.17) is 0 Å². The van der Waals surface area contributed by atoms with Crippen LogP contribution in [-0.2, 0) is 0 Å². The molecule has 2 rings (SSSR count). The molecule has 2 aliphatic rings. The van der Waals surface area contributed by atoms with Gasteiger partial charge in [-0.3, -0.25) is 4.90 Å². The van der Waals surface area contributed by atoms with Crippen molar-refractivity contribution in [2.45, 2.75) is 30.6 Å². The van der Waals surface area contributed by atoms with Gasteiger partial charge in [-0.15, -0.1) is 0 Å². The molecule has 1 atom stereocenters. The largest absolute Gasteiger partial charge is 0.291 e. The second-order valence-corrected chi connectivity index (χ2v) is 4.57. The average Bonchev–Trinajstić information content (AvgIpc) is 2.62. The number of hydrogen-bond donors (Lipinski definition) is 0. The summed E-state index contributed by atoms with van der Waals surface area (Å²) in [5.41, 5.74) is 0. The molecule has 1 saturated carbocycles. The summed E-state index contributed by atoms with van der Waals surface area (Å²) in [7, 11) is 0. The van der Waals surface area contributed by atoms with Crippen molar-refractivity contribution in [3.05, 3.63) is 0 Å². The summed E-state index contributed by atoms with van der Waals surface area (Å²) in [6, 6.07) is 0. The SMILES string of the molecule is BrC1CCCN1CC1CC1. The maximum Gasteiger partial charge on any atom is 0.0656 e. The van der Waals surface area contributed by atoms with Gasteiger partial charge in [-0.25, -0.2) is 0 Å². The topological polar surface area (TPSA) is 3.24 Å². The first kappa shape index (κ1) is 7.11. The molecule has 1 nitrogen and oxygen atoms in total. The Balaban J connectivity index is 1.79. The maximum atomic E-state index is 3.69. The molecule has 1 unspecified atom stereocenters. The highest BCUT2D eigenvalue weighted by atomic mass is 79.9. The molecule has 10 heavy (non-hydrogen) atoms. The van der Waals surface area contributed by atoms with Crippen molar-refractivity contribution in [3.63, 3.8) is 0 Å². The van der Waals surface area contributed by atoms with Crippen LogP contribution in [0, 0.1) is 5.92 Å². The molecule has 2 fully saturated rings. The van der Waals surface area contributed by atoms with Gasteiger partial charge in [0.05, 0.1) is 4.95 Å². The molecule has 1 heterocycles. The van der Waals surface area contributed by atoms with Crippen LogP contribution in [0.2, 0.25) is 0 Å². The molecule has 0 radical (unpaired) electrons. The minimum Gasteiger partial charge on any atom is -0.291 e. The van der Waals surface area contributed by atoms with E-state index in [1.165, 1.54) is 38.8 Å². The lowest BCUT2D eigenvalue weighted by molar-refractivity contribution is 0.308. The lowest BCUT2D eigenvalue weighted by Gasteiger charge is -2.18. The summed E-state index contributed by atoms with van der Waals surface area (Å²) in [5.74, 6) is 1.05. The van der Waals surface area contributed by atoms with Gasteiger partial charge in [0, 0.05) is 6.54 Å². The third kappa shape index (κ3) is 1.54. The molecule has 0 aromatic heterocycles. The second kappa shape index (κ2) is 2.82. The number of likely N-dealkylation sites (tertiary alicyclic amines) is 1. The Labute approximate surface area is 70.9 Å². The van der Waals surface area contributed by atoms with E-state index in [0.717, 1.165) is 5.92 Å². The van der Waals surface area contributed by atoms with Gasteiger partial charge in [0.2, 0.25) is 0 Å². The van der Waals surface area contributed by atoms with Crippen LogP contribution in [-0.4, -0.2) is 22.9 Å². The van der Waals surface area contributed by atoms with E-state index < -0.39 is 0 Å². The van der Waals surface area contributed by atoms with E-state index in [0.29, 0.717) is 4.95 Å². The fourth-order valence-corrected chi connectivity index (χ4v) is 2.32. The highest BCUT2D eigenvalue weighted by Gasteiger charge is 2.29. The molecule has 1 saturated heterocycles. The van der Waals surface area contributed by atoms with E-state index in [1.807, 2.05) is 0 Å². The Bertz CT molecular complexity index is 122. The van der Waals surface area contributed by atoms with E-state index in [2.05, 4.69) is 20.8 Å². The zero-order valence-electron chi connectivity index (χ0n) is 6.22. The Morgan fingerprint density at radius 2 is 2.10 bits per heavy atom. The molecule has 0 aromatic rings. The second-order valence-electron chi connectivity index (χ2n) is 3.52. The minimum atomic E-state index is 0.702. The normalized spacial score (nSPS) is 35.1. The maximum absolute atomic E-state index is 3.69. The van der Waals surface area contributed by atoms with E-state index in [-0.39, 0.29) is 0 Å². The van der Waals surface area contributed by atoms with Crippen molar-refractivity contribution >= 4 is 15.9 Å². The van der Waals surface area contributed by atoms with Gasteiger partial charge in [0.25, 0.3) is 0 Å². The predicted molar refractivity (Wildman–Crippen MR) is 46.2 cm³/mol. The van der Waals surface area contributed by atoms with Gasteiger partial charge in [0.1, 0.15) is 0 Å². The van der Waals surface area contributed by atoms with E-state index >= 15 is 0 Å². The Morgan fingerprint density at radius 3 is 2.60 bits per heavy atom. The molecule has 1 aliphatic heterocycles. The first-order chi connectivity index (χ1) is 4.86. The van der Waals surface area contributed by atoms with E-state index in [1.54, 1.807) is 0 Å². The van der Waals surface area contributed by atoms with Gasteiger partial charge >= 0.3 is 0 Å². The number of rotatable bonds is 2. The molecular weight excluding hydrogens is 190 g/mol. The Morgan fingerprint density at radius 1 is 1.30 bits per heavy atom. The fourth-order valence-electron chi connectivity index (χ4n) is 1.62.